The summed E-state index contributed by atoms with van der Waals surface area (Å²) >= 11 is 0. The summed E-state index contributed by atoms with van der Waals surface area (Å²) in [6.07, 6.45) is 3.07. The first-order valence-corrected chi connectivity index (χ1v) is 6.41. The summed E-state index contributed by atoms with van der Waals surface area (Å²) in [5, 5.41) is 3.26. The van der Waals surface area contributed by atoms with Gasteiger partial charge in [0.05, 0.1) is 20.5 Å². The van der Waals surface area contributed by atoms with Crippen LogP contribution in [0.5, 0.6) is 11.5 Å². The fraction of sp³-hybridized carbons (Fsp3) is 0.214. The molecule has 0 aliphatic heterocycles. The number of H-pyrrole nitrogens is 1. The number of imidazole rings is 1. The number of methoxy groups -OCH3 is 2. The number of nitrogens with one attached hydrogen (secondary N) is 2. The van der Waals surface area contributed by atoms with Crippen molar-refractivity contribution in [2.24, 2.45) is 0 Å². The first-order valence-electron chi connectivity index (χ1n) is 6.41. The van der Waals surface area contributed by atoms with E-state index >= 15 is 0 Å². The smallest absolute Gasteiger partial charge is 0.182 e. The van der Waals surface area contributed by atoms with Crippen molar-refractivity contribution in [2.45, 2.75) is 6.54 Å². The maximum Gasteiger partial charge on any atom is 0.182 e. The summed E-state index contributed by atoms with van der Waals surface area (Å²) in [4.78, 5) is 15.4. The summed E-state index contributed by atoms with van der Waals surface area (Å²) in [5.41, 5.74) is 2.38. The van der Waals surface area contributed by atoms with Gasteiger partial charge in [0.25, 0.3) is 0 Å². The van der Waals surface area contributed by atoms with Gasteiger partial charge in [0, 0.05) is 12.1 Å². The summed E-state index contributed by atoms with van der Waals surface area (Å²) < 4.78 is 10.7. The Morgan fingerprint density at radius 2 is 2.05 bits per heavy atom. The van der Waals surface area contributed by atoms with Crippen LogP contribution in [-0.2, 0) is 6.54 Å². The minimum atomic E-state index is 0.547. The number of benzene rings is 1. The van der Waals surface area contributed by atoms with Crippen LogP contribution in [-0.4, -0.2) is 34.2 Å². The van der Waals surface area contributed by atoms with E-state index in [0.29, 0.717) is 29.5 Å². The number of fused-ring (bicyclic) bond motifs is 1. The van der Waals surface area contributed by atoms with Crippen molar-refractivity contribution in [3.63, 3.8) is 0 Å². The molecule has 0 radical (unpaired) electrons. The van der Waals surface area contributed by atoms with Gasteiger partial charge in [-0.05, 0) is 6.07 Å². The molecule has 2 heterocycles. The average molecular weight is 285 g/mol. The van der Waals surface area contributed by atoms with E-state index in [1.165, 1.54) is 6.33 Å². The van der Waals surface area contributed by atoms with E-state index in [1.54, 1.807) is 20.5 Å². The van der Waals surface area contributed by atoms with E-state index in [2.05, 4.69) is 25.3 Å². The van der Waals surface area contributed by atoms with Gasteiger partial charge in [0.1, 0.15) is 11.8 Å². The SMILES string of the molecule is COc1cccc(CNc2ncnc3nc[nH]c23)c1OC. The third-order valence-corrected chi connectivity index (χ3v) is 3.15. The van der Waals surface area contributed by atoms with Crippen molar-refractivity contribution in [3.8, 4) is 11.5 Å². The van der Waals surface area contributed by atoms with Gasteiger partial charge in [-0.1, -0.05) is 12.1 Å². The van der Waals surface area contributed by atoms with Crippen LogP contribution < -0.4 is 14.8 Å². The van der Waals surface area contributed by atoms with Crippen LogP contribution in [0.1, 0.15) is 5.56 Å². The lowest BCUT2D eigenvalue weighted by Crippen LogP contribution is -2.05. The average Bonchev–Trinajstić information content (AvgIpc) is 3.01. The summed E-state index contributed by atoms with van der Waals surface area (Å²) in [6, 6.07) is 5.75. The van der Waals surface area contributed by atoms with Crippen molar-refractivity contribution in [1.29, 1.82) is 0 Å². The maximum atomic E-state index is 5.41. The predicted octanol–water partition coefficient (Wildman–Crippen LogP) is 1.98. The molecule has 108 valence electrons. The number of para-hydroxylation sites is 1. The quantitative estimate of drug-likeness (QED) is 0.745. The summed E-state index contributed by atoms with van der Waals surface area (Å²) in [5.74, 6) is 2.11. The molecule has 0 spiro atoms. The monoisotopic (exact) mass is 285 g/mol. The van der Waals surface area contributed by atoms with Crippen LogP contribution in [0.2, 0.25) is 0 Å². The molecule has 0 aliphatic carbocycles. The maximum absolute atomic E-state index is 5.41. The molecule has 2 aromatic heterocycles. The molecule has 3 rings (SSSR count). The Kier molecular flexibility index (Phi) is 3.55. The van der Waals surface area contributed by atoms with E-state index in [-0.39, 0.29) is 0 Å². The van der Waals surface area contributed by atoms with Crippen LogP contribution in [0, 0.1) is 0 Å². The molecule has 21 heavy (non-hydrogen) atoms. The van der Waals surface area contributed by atoms with Gasteiger partial charge >= 0.3 is 0 Å². The van der Waals surface area contributed by atoms with Crippen molar-refractivity contribution < 1.29 is 9.47 Å². The number of ether oxygens (including phenoxy) is 2. The fourth-order valence-electron chi connectivity index (χ4n) is 2.17. The molecule has 0 aliphatic rings. The molecule has 1 aromatic carbocycles. The molecule has 0 fully saturated rings. The van der Waals surface area contributed by atoms with E-state index in [4.69, 9.17) is 9.47 Å². The Hall–Kier alpha value is -2.83. The first-order chi connectivity index (χ1) is 10.3. The highest BCUT2D eigenvalue weighted by Gasteiger charge is 2.11. The molecular formula is C14H15N5O2. The molecule has 0 amide bonds. The normalized spacial score (nSPS) is 10.6. The highest BCUT2D eigenvalue weighted by Crippen LogP contribution is 2.31. The third kappa shape index (κ3) is 2.45. The van der Waals surface area contributed by atoms with Crippen LogP contribution in [0.3, 0.4) is 0 Å². The molecule has 2 N–H and O–H groups in total. The second kappa shape index (κ2) is 5.66. The van der Waals surface area contributed by atoms with Crippen LogP contribution >= 0.6 is 0 Å². The summed E-state index contributed by atoms with van der Waals surface area (Å²) in [6.45, 7) is 0.547. The zero-order valence-electron chi connectivity index (χ0n) is 11.8. The molecular weight excluding hydrogens is 270 g/mol. The Labute approximate surface area is 121 Å². The minimum absolute atomic E-state index is 0.547. The van der Waals surface area contributed by atoms with Crippen LogP contribution in [0.15, 0.2) is 30.9 Å². The van der Waals surface area contributed by atoms with Crippen molar-refractivity contribution in [3.05, 3.63) is 36.4 Å². The number of nitrogens with zero attached hydrogens (tertiary/aromatic N) is 3. The lowest BCUT2D eigenvalue weighted by atomic mass is 10.2. The second-order valence-corrected chi connectivity index (χ2v) is 4.33. The number of hydrogen-bond donors (Lipinski definition) is 2. The van der Waals surface area contributed by atoms with E-state index in [1.807, 2.05) is 18.2 Å². The van der Waals surface area contributed by atoms with Gasteiger partial charge in [0.2, 0.25) is 0 Å². The van der Waals surface area contributed by atoms with Gasteiger partial charge < -0.3 is 19.8 Å². The van der Waals surface area contributed by atoms with E-state index in [9.17, 15) is 0 Å². The summed E-state index contributed by atoms with van der Waals surface area (Å²) in [7, 11) is 3.24. The van der Waals surface area contributed by atoms with Gasteiger partial charge in [0.15, 0.2) is 23.0 Å². The molecule has 0 saturated carbocycles. The number of aromatic amines is 1. The molecule has 7 nitrogen and oxygen atoms in total. The van der Waals surface area contributed by atoms with Crippen molar-refractivity contribution >= 4 is 17.0 Å². The Balaban J connectivity index is 1.86. The van der Waals surface area contributed by atoms with Crippen molar-refractivity contribution in [1.82, 2.24) is 19.9 Å². The zero-order valence-corrected chi connectivity index (χ0v) is 11.8. The molecule has 7 heteroatoms. The van der Waals surface area contributed by atoms with E-state index in [0.717, 1.165) is 11.1 Å². The topological polar surface area (TPSA) is 85.0 Å². The lowest BCUT2D eigenvalue weighted by molar-refractivity contribution is 0.352. The van der Waals surface area contributed by atoms with Gasteiger partial charge in [-0.3, -0.25) is 0 Å². The zero-order chi connectivity index (χ0) is 14.7. The van der Waals surface area contributed by atoms with Gasteiger partial charge in [-0.25, -0.2) is 15.0 Å². The second-order valence-electron chi connectivity index (χ2n) is 4.33. The minimum Gasteiger partial charge on any atom is -0.493 e. The predicted molar refractivity (Wildman–Crippen MR) is 78.6 cm³/mol. The lowest BCUT2D eigenvalue weighted by Gasteiger charge is -2.13. The highest BCUT2D eigenvalue weighted by atomic mass is 16.5. The van der Waals surface area contributed by atoms with Crippen LogP contribution in [0.25, 0.3) is 11.2 Å². The first kappa shape index (κ1) is 13.2. The molecule has 0 unspecified atom stereocenters. The third-order valence-electron chi connectivity index (χ3n) is 3.15. The number of anilines is 1. The Morgan fingerprint density at radius 3 is 2.86 bits per heavy atom. The van der Waals surface area contributed by atoms with Gasteiger partial charge in [-0.2, -0.15) is 0 Å². The standard InChI is InChI=1S/C14H15N5O2/c1-20-10-5-3-4-9(12(10)21-2)6-15-13-11-14(17-7-16-11)19-8-18-13/h3-5,7-8H,6H2,1-2H3,(H2,15,16,17,18,19). The largest absolute Gasteiger partial charge is 0.493 e. The van der Waals surface area contributed by atoms with Gasteiger partial charge in [-0.15, -0.1) is 0 Å². The van der Waals surface area contributed by atoms with E-state index < -0.39 is 0 Å². The number of aromatic nitrogens is 4. The van der Waals surface area contributed by atoms with Crippen LogP contribution in [0.4, 0.5) is 5.82 Å². The Morgan fingerprint density at radius 1 is 1.14 bits per heavy atom. The molecule has 3 aromatic rings. The highest BCUT2D eigenvalue weighted by molar-refractivity contribution is 5.81. The molecule has 0 atom stereocenters. The number of rotatable bonds is 5. The molecule has 0 bridgehead atoms. The number of hydrogen-bond acceptors (Lipinski definition) is 6. The fourth-order valence-corrected chi connectivity index (χ4v) is 2.17. The molecule has 0 saturated heterocycles. The van der Waals surface area contributed by atoms with Crippen molar-refractivity contribution in [2.75, 3.05) is 19.5 Å². The Bertz CT molecular complexity index is 756.